The minimum Gasteiger partial charge on any atom is -0.480 e. The molecule has 0 aliphatic carbocycles. The van der Waals surface area contributed by atoms with Crippen LogP contribution < -0.4 is 0 Å². The number of benzene rings is 1. The number of halogens is 1. The van der Waals surface area contributed by atoms with Crippen LogP contribution in [-0.2, 0) is 4.79 Å². The topological polar surface area (TPSA) is 75.4 Å². The highest BCUT2D eigenvalue weighted by Crippen LogP contribution is 2.22. The van der Waals surface area contributed by atoms with Gasteiger partial charge < -0.3 is 10.0 Å². The van der Waals surface area contributed by atoms with E-state index in [4.69, 9.17) is 11.6 Å². The number of aliphatic carboxylic acids is 1. The molecule has 1 aliphatic heterocycles. The van der Waals surface area contributed by atoms with E-state index in [1.54, 1.807) is 24.4 Å². The molecule has 0 spiro atoms. The second-order valence-corrected chi connectivity index (χ2v) is 5.85. The lowest BCUT2D eigenvalue weighted by molar-refractivity contribution is -0.143. The quantitative estimate of drug-likeness (QED) is 0.936. The Kier molecular flexibility index (Phi) is 4.34. The van der Waals surface area contributed by atoms with Gasteiger partial charge in [0.2, 0.25) is 0 Å². The molecule has 0 saturated carbocycles. The third-order valence-electron chi connectivity index (χ3n) is 3.96. The largest absolute Gasteiger partial charge is 0.480 e. The van der Waals surface area contributed by atoms with Gasteiger partial charge in [-0.15, -0.1) is 0 Å². The molecule has 120 valence electrons. The number of carbonyl (C=O) groups excluding carboxylic acids is 1. The number of rotatable bonds is 3. The van der Waals surface area contributed by atoms with Crippen molar-refractivity contribution >= 4 is 23.5 Å². The van der Waals surface area contributed by atoms with E-state index in [0.29, 0.717) is 23.7 Å². The van der Waals surface area contributed by atoms with Crippen molar-refractivity contribution in [3.8, 4) is 5.69 Å². The molecule has 1 N–H and O–H groups in total. The van der Waals surface area contributed by atoms with E-state index in [0.717, 1.165) is 12.8 Å². The lowest BCUT2D eigenvalue weighted by Crippen LogP contribution is -2.48. The molecule has 0 unspecified atom stereocenters. The summed E-state index contributed by atoms with van der Waals surface area (Å²) < 4.78 is 1.52. The number of nitrogens with zero attached hydrogens (tertiary/aromatic N) is 3. The molecule has 1 aromatic carbocycles. The summed E-state index contributed by atoms with van der Waals surface area (Å²) >= 11 is 6.13. The molecule has 3 rings (SSSR count). The maximum absolute atomic E-state index is 12.6. The summed E-state index contributed by atoms with van der Waals surface area (Å²) in [5.74, 6) is -1.33. The van der Waals surface area contributed by atoms with Crippen molar-refractivity contribution in [2.75, 3.05) is 6.54 Å². The molecule has 23 heavy (non-hydrogen) atoms. The lowest BCUT2D eigenvalue weighted by Gasteiger charge is -2.32. The Bertz CT molecular complexity index is 744. The van der Waals surface area contributed by atoms with Crippen LogP contribution in [0.1, 0.15) is 29.8 Å². The first-order valence-corrected chi connectivity index (χ1v) is 7.80. The van der Waals surface area contributed by atoms with E-state index >= 15 is 0 Å². The Labute approximate surface area is 138 Å². The fraction of sp³-hybridized carbons (Fsp3) is 0.312. The molecule has 1 atom stereocenters. The zero-order chi connectivity index (χ0) is 16.4. The summed E-state index contributed by atoms with van der Waals surface area (Å²) in [6.07, 6.45) is 3.75. The first kappa shape index (κ1) is 15.6. The van der Waals surface area contributed by atoms with Crippen molar-refractivity contribution in [3.05, 3.63) is 47.2 Å². The predicted molar refractivity (Wildman–Crippen MR) is 84.9 cm³/mol. The van der Waals surface area contributed by atoms with Crippen molar-refractivity contribution in [1.82, 2.24) is 14.7 Å². The second kappa shape index (κ2) is 6.42. The van der Waals surface area contributed by atoms with Gasteiger partial charge in [0, 0.05) is 12.7 Å². The first-order chi connectivity index (χ1) is 11.1. The summed E-state index contributed by atoms with van der Waals surface area (Å²) in [4.78, 5) is 25.3. The van der Waals surface area contributed by atoms with Crippen LogP contribution in [-0.4, -0.2) is 44.3 Å². The number of carboxylic acid groups (broad SMARTS) is 1. The third-order valence-corrected chi connectivity index (χ3v) is 4.28. The number of hydrogen-bond donors (Lipinski definition) is 1. The minimum absolute atomic E-state index is 0.220. The fourth-order valence-corrected chi connectivity index (χ4v) is 3.01. The van der Waals surface area contributed by atoms with Gasteiger partial charge in [-0.1, -0.05) is 23.7 Å². The number of carboxylic acids is 1. The molecule has 2 aromatic rings. The molecule has 1 aromatic heterocycles. The van der Waals surface area contributed by atoms with E-state index in [-0.39, 0.29) is 11.6 Å². The number of hydrogen-bond acceptors (Lipinski definition) is 3. The Hall–Kier alpha value is -2.34. The zero-order valence-electron chi connectivity index (χ0n) is 12.4. The van der Waals surface area contributed by atoms with E-state index in [1.165, 1.54) is 9.58 Å². The Morgan fingerprint density at radius 3 is 2.74 bits per heavy atom. The molecule has 1 amide bonds. The van der Waals surface area contributed by atoms with Crippen LogP contribution in [0.25, 0.3) is 5.69 Å². The van der Waals surface area contributed by atoms with Crippen molar-refractivity contribution in [2.45, 2.75) is 25.3 Å². The van der Waals surface area contributed by atoms with Crippen molar-refractivity contribution in [1.29, 1.82) is 0 Å². The smallest absolute Gasteiger partial charge is 0.326 e. The van der Waals surface area contributed by atoms with Crippen molar-refractivity contribution in [3.63, 3.8) is 0 Å². The number of carbonyl (C=O) groups is 2. The first-order valence-electron chi connectivity index (χ1n) is 7.42. The number of amides is 1. The Morgan fingerprint density at radius 2 is 2.00 bits per heavy atom. The molecular formula is C16H16ClN3O3. The van der Waals surface area contributed by atoms with Gasteiger partial charge in [-0.3, -0.25) is 4.79 Å². The van der Waals surface area contributed by atoms with Crippen LogP contribution in [0.5, 0.6) is 0 Å². The normalized spacial score (nSPS) is 18.0. The van der Waals surface area contributed by atoms with Crippen LogP contribution in [0.4, 0.5) is 0 Å². The summed E-state index contributed by atoms with van der Waals surface area (Å²) in [6.45, 7) is 0.439. The van der Waals surface area contributed by atoms with Gasteiger partial charge in [0.15, 0.2) is 5.69 Å². The molecule has 1 fully saturated rings. The van der Waals surface area contributed by atoms with Gasteiger partial charge in [0.25, 0.3) is 5.91 Å². The number of aromatic nitrogens is 2. The van der Waals surface area contributed by atoms with Crippen LogP contribution >= 0.6 is 11.6 Å². The van der Waals surface area contributed by atoms with Gasteiger partial charge in [-0.05, 0) is 37.5 Å². The van der Waals surface area contributed by atoms with E-state index in [2.05, 4.69) is 5.10 Å². The van der Waals surface area contributed by atoms with Gasteiger partial charge >= 0.3 is 5.97 Å². The standard InChI is InChI=1S/C16H16ClN3O3/c17-11-5-1-2-6-13(11)20-10-8-12(18-20)15(21)19-9-4-3-7-14(19)16(22)23/h1-2,5-6,8,10,14H,3-4,7,9H2,(H,22,23)/t14-/m0/s1. The third kappa shape index (κ3) is 3.07. The maximum atomic E-state index is 12.6. The molecule has 1 saturated heterocycles. The number of piperidine rings is 1. The summed E-state index contributed by atoms with van der Waals surface area (Å²) in [6, 6.07) is 7.98. The van der Waals surface area contributed by atoms with Gasteiger partial charge in [0.05, 0.1) is 10.7 Å². The average molecular weight is 334 g/mol. The molecule has 0 bridgehead atoms. The molecule has 7 heteroatoms. The summed E-state index contributed by atoms with van der Waals surface area (Å²) in [5.41, 5.74) is 0.889. The molecule has 2 heterocycles. The van der Waals surface area contributed by atoms with Gasteiger partial charge in [-0.2, -0.15) is 5.10 Å². The fourth-order valence-electron chi connectivity index (χ4n) is 2.79. The Morgan fingerprint density at radius 1 is 1.22 bits per heavy atom. The highest BCUT2D eigenvalue weighted by molar-refractivity contribution is 6.32. The van der Waals surface area contributed by atoms with Crippen LogP contribution in [0.3, 0.4) is 0 Å². The lowest BCUT2D eigenvalue weighted by atomic mass is 10.0. The molecular weight excluding hydrogens is 318 g/mol. The van der Waals surface area contributed by atoms with Crippen molar-refractivity contribution in [2.24, 2.45) is 0 Å². The molecule has 0 radical (unpaired) electrons. The SMILES string of the molecule is O=C(O)[C@@H]1CCCCN1C(=O)c1ccn(-c2ccccc2Cl)n1. The summed E-state index contributed by atoms with van der Waals surface area (Å²) in [5, 5.41) is 14.1. The Balaban J connectivity index is 1.86. The second-order valence-electron chi connectivity index (χ2n) is 5.45. The van der Waals surface area contributed by atoms with E-state index in [1.807, 2.05) is 12.1 Å². The summed E-state index contributed by atoms with van der Waals surface area (Å²) in [7, 11) is 0. The van der Waals surface area contributed by atoms with Gasteiger partial charge in [-0.25, -0.2) is 9.48 Å². The highest BCUT2D eigenvalue weighted by atomic mass is 35.5. The number of likely N-dealkylation sites (tertiary alicyclic amines) is 1. The molecule has 6 nitrogen and oxygen atoms in total. The monoisotopic (exact) mass is 333 g/mol. The van der Waals surface area contributed by atoms with Crippen LogP contribution in [0.15, 0.2) is 36.5 Å². The highest BCUT2D eigenvalue weighted by Gasteiger charge is 2.33. The van der Waals surface area contributed by atoms with E-state index < -0.39 is 12.0 Å². The predicted octanol–water partition coefficient (Wildman–Crippen LogP) is 2.61. The average Bonchev–Trinajstić information content (AvgIpc) is 3.04. The number of para-hydroxylation sites is 1. The van der Waals surface area contributed by atoms with E-state index in [9.17, 15) is 14.7 Å². The minimum atomic E-state index is -0.969. The maximum Gasteiger partial charge on any atom is 0.326 e. The van der Waals surface area contributed by atoms with Crippen LogP contribution in [0, 0.1) is 0 Å². The van der Waals surface area contributed by atoms with Crippen molar-refractivity contribution < 1.29 is 14.7 Å². The van der Waals surface area contributed by atoms with Crippen LogP contribution in [0.2, 0.25) is 5.02 Å². The molecule has 1 aliphatic rings. The zero-order valence-corrected chi connectivity index (χ0v) is 13.1. The van der Waals surface area contributed by atoms with Gasteiger partial charge in [0.1, 0.15) is 6.04 Å².